The summed E-state index contributed by atoms with van der Waals surface area (Å²) in [7, 11) is -3.58. The van der Waals surface area contributed by atoms with Crippen LogP contribution < -0.4 is 5.32 Å². The standard InChI is InChI=1S/C20H19N3O4S2/c24-19(22-20-21-18(14-28-20)15-4-2-1-3-5-15)16-6-8-17(9-7-16)29(25,26)23-10-12-27-13-11-23/h1-9,14H,10-13H2,(H,21,22,24). The van der Waals surface area contributed by atoms with Gasteiger partial charge in [-0.1, -0.05) is 30.3 Å². The number of anilines is 1. The van der Waals surface area contributed by atoms with Crippen LogP contribution in [-0.2, 0) is 14.8 Å². The number of carbonyl (C=O) groups is 1. The Labute approximate surface area is 173 Å². The zero-order valence-electron chi connectivity index (χ0n) is 15.4. The molecule has 2 aromatic carbocycles. The van der Waals surface area contributed by atoms with Crippen molar-refractivity contribution in [2.75, 3.05) is 31.6 Å². The minimum atomic E-state index is -3.58. The van der Waals surface area contributed by atoms with E-state index >= 15 is 0 Å². The molecule has 0 spiro atoms. The molecular formula is C20H19N3O4S2. The van der Waals surface area contributed by atoms with E-state index in [0.29, 0.717) is 37.0 Å². The topological polar surface area (TPSA) is 88.6 Å². The van der Waals surface area contributed by atoms with Crippen molar-refractivity contribution in [3.8, 4) is 11.3 Å². The summed E-state index contributed by atoms with van der Waals surface area (Å²) in [4.78, 5) is 17.1. The van der Waals surface area contributed by atoms with Crippen LogP contribution in [-0.4, -0.2) is 49.9 Å². The molecule has 150 valence electrons. The second-order valence-corrected chi connectivity index (χ2v) is 9.19. The Kier molecular flexibility index (Phi) is 5.72. The molecule has 3 aromatic rings. The summed E-state index contributed by atoms with van der Waals surface area (Å²) in [5.41, 5.74) is 2.13. The molecule has 0 aliphatic carbocycles. The number of nitrogens with zero attached hydrogens (tertiary/aromatic N) is 2. The summed E-state index contributed by atoms with van der Waals surface area (Å²) < 4.78 is 31.9. The number of hydrogen-bond donors (Lipinski definition) is 1. The maximum Gasteiger partial charge on any atom is 0.257 e. The number of hydrogen-bond acceptors (Lipinski definition) is 6. The minimum Gasteiger partial charge on any atom is -0.379 e. The van der Waals surface area contributed by atoms with Gasteiger partial charge in [-0.15, -0.1) is 11.3 Å². The minimum absolute atomic E-state index is 0.163. The van der Waals surface area contributed by atoms with Gasteiger partial charge in [0.2, 0.25) is 10.0 Å². The summed E-state index contributed by atoms with van der Waals surface area (Å²) in [5.74, 6) is -0.339. The van der Waals surface area contributed by atoms with Crippen LogP contribution in [0.3, 0.4) is 0 Å². The number of ether oxygens (including phenoxy) is 1. The van der Waals surface area contributed by atoms with Crippen LogP contribution in [0, 0.1) is 0 Å². The highest BCUT2D eigenvalue weighted by molar-refractivity contribution is 7.89. The maximum atomic E-state index is 12.7. The first-order valence-corrected chi connectivity index (χ1v) is 11.4. The van der Waals surface area contributed by atoms with Crippen molar-refractivity contribution in [1.29, 1.82) is 0 Å². The van der Waals surface area contributed by atoms with E-state index < -0.39 is 10.0 Å². The molecule has 7 nitrogen and oxygen atoms in total. The molecule has 29 heavy (non-hydrogen) atoms. The van der Waals surface area contributed by atoms with Gasteiger partial charge in [0.25, 0.3) is 5.91 Å². The zero-order valence-corrected chi connectivity index (χ0v) is 17.1. The van der Waals surface area contributed by atoms with E-state index in [9.17, 15) is 13.2 Å². The molecule has 4 rings (SSSR count). The largest absolute Gasteiger partial charge is 0.379 e. The number of thiazole rings is 1. The van der Waals surface area contributed by atoms with Crippen molar-refractivity contribution in [2.45, 2.75) is 4.90 Å². The van der Waals surface area contributed by atoms with Gasteiger partial charge in [0.1, 0.15) is 0 Å². The van der Waals surface area contributed by atoms with Crippen LogP contribution >= 0.6 is 11.3 Å². The van der Waals surface area contributed by atoms with Gasteiger partial charge in [-0.25, -0.2) is 13.4 Å². The van der Waals surface area contributed by atoms with Crippen molar-refractivity contribution >= 4 is 32.4 Å². The molecule has 1 amide bonds. The molecule has 1 saturated heterocycles. The SMILES string of the molecule is O=C(Nc1nc(-c2ccccc2)cs1)c1ccc(S(=O)(=O)N2CCOCC2)cc1. The molecule has 1 fully saturated rings. The zero-order chi connectivity index (χ0) is 20.3. The number of aromatic nitrogens is 1. The Morgan fingerprint density at radius 3 is 2.41 bits per heavy atom. The third kappa shape index (κ3) is 4.38. The van der Waals surface area contributed by atoms with E-state index in [1.165, 1.54) is 39.9 Å². The number of carbonyl (C=O) groups excluding carboxylic acids is 1. The summed E-state index contributed by atoms with van der Waals surface area (Å²) >= 11 is 1.34. The van der Waals surface area contributed by atoms with Crippen molar-refractivity contribution in [1.82, 2.24) is 9.29 Å². The Morgan fingerprint density at radius 2 is 1.72 bits per heavy atom. The van der Waals surface area contributed by atoms with E-state index in [1.807, 2.05) is 35.7 Å². The number of morpholine rings is 1. The summed E-state index contributed by atoms with van der Waals surface area (Å²) in [5, 5.41) is 5.13. The van der Waals surface area contributed by atoms with Crippen molar-refractivity contribution in [3.05, 3.63) is 65.5 Å². The molecule has 0 saturated carbocycles. The third-order valence-electron chi connectivity index (χ3n) is 4.52. The Balaban J connectivity index is 1.45. The van der Waals surface area contributed by atoms with Crippen LogP contribution in [0.25, 0.3) is 11.3 Å². The smallest absolute Gasteiger partial charge is 0.257 e. The number of rotatable bonds is 5. The van der Waals surface area contributed by atoms with Crippen molar-refractivity contribution in [2.24, 2.45) is 0 Å². The molecule has 2 heterocycles. The van der Waals surface area contributed by atoms with E-state index in [-0.39, 0.29) is 10.8 Å². The van der Waals surface area contributed by atoms with Gasteiger partial charge in [-0.2, -0.15) is 4.31 Å². The molecule has 9 heteroatoms. The third-order valence-corrected chi connectivity index (χ3v) is 7.19. The average molecular weight is 430 g/mol. The van der Waals surface area contributed by atoms with E-state index in [0.717, 1.165) is 11.3 Å². The van der Waals surface area contributed by atoms with Gasteiger partial charge in [0.05, 0.1) is 23.8 Å². The maximum absolute atomic E-state index is 12.7. The molecular weight excluding hydrogens is 410 g/mol. The van der Waals surface area contributed by atoms with Crippen molar-refractivity contribution in [3.63, 3.8) is 0 Å². The Morgan fingerprint density at radius 1 is 1.03 bits per heavy atom. The first-order valence-electron chi connectivity index (χ1n) is 9.04. The molecule has 0 atom stereocenters. The molecule has 0 radical (unpaired) electrons. The normalized spacial score (nSPS) is 15.2. The lowest BCUT2D eigenvalue weighted by molar-refractivity contribution is 0.0730. The van der Waals surface area contributed by atoms with Gasteiger partial charge in [0, 0.05) is 29.6 Å². The number of benzene rings is 2. The first-order chi connectivity index (χ1) is 14.0. The highest BCUT2D eigenvalue weighted by Crippen LogP contribution is 2.25. The number of sulfonamides is 1. The van der Waals surface area contributed by atoms with Gasteiger partial charge in [-0.05, 0) is 24.3 Å². The van der Waals surface area contributed by atoms with E-state index in [4.69, 9.17) is 4.74 Å². The fraction of sp³-hybridized carbons (Fsp3) is 0.200. The second-order valence-electron chi connectivity index (χ2n) is 6.40. The average Bonchev–Trinajstić information content (AvgIpc) is 3.23. The number of nitrogens with one attached hydrogen (secondary N) is 1. The summed E-state index contributed by atoms with van der Waals surface area (Å²) in [6, 6.07) is 15.6. The molecule has 0 bridgehead atoms. The first kappa shape index (κ1) is 19.7. The fourth-order valence-electron chi connectivity index (χ4n) is 2.96. The fourth-order valence-corrected chi connectivity index (χ4v) is 5.08. The molecule has 1 aromatic heterocycles. The predicted octanol–water partition coefficient (Wildman–Crippen LogP) is 3.08. The van der Waals surface area contributed by atoms with E-state index in [1.54, 1.807) is 0 Å². The van der Waals surface area contributed by atoms with Crippen LogP contribution in [0.4, 0.5) is 5.13 Å². The van der Waals surface area contributed by atoms with Crippen molar-refractivity contribution < 1.29 is 17.9 Å². The van der Waals surface area contributed by atoms with Gasteiger partial charge in [0.15, 0.2) is 5.13 Å². The molecule has 1 aliphatic heterocycles. The molecule has 1 aliphatic rings. The van der Waals surface area contributed by atoms with Crippen LogP contribution in [0.5, 0.6) is 0 Å². The predicted molar refractivity (Wildman–Crippen MR) is 112 cm³/mol. The summed E-state index contributed by atoms with van der Waals surface area (Å²) in [6.07, 6.45) is 0. The molecule has 1 N–H and O–H groups in total. The lowest BCUT2D eigenvalue weighted by atomic mass is 10.2. The highest BCUT2D eigenvalue weighted by atomic mass is 32.2. The Hall–Kier alpha value is -2.59. The van der Waals surface area contributed by atoms with Crippen LogP contribution in [0.2, 0.25) is 0 Å². The highest BCUT2D eigenvalue weighted by Gasteiger charge is 2.26. The second kappa shape index (κ2) is 8.42. The Bertz CT molecular complexity index is 1090. The lowest BCUT2D eigenvalue weighted by Gasteiger charge is -2.26. The quantitative estimate of drug-likeness (QED) is 0.673. The number of amides is 1. The van der Waals surface area contributed by atoms with Gasteiger partial charge >= 0.3 is 0 Å². The van der Waals surface area contributed by atoms with E-state index in [2.05, 4.69) is 10.3 Å². The molecule has 0 unspecified atom stereocenters. The lowest BCUT2D eigenvalue weighted by Crippen LogP contribution is -2.40. The summed E-state index contributed by atoms with van der Waals surface area (Å²) in [6.45, 7) is 1.44. The van der Waals surface area contributed by atoms with Crippen LogP contribution in [0.15, 0.2) is 64.9 Å². The van der Waals surface area contributed by atoms with Gasteiger partial charge < -0.3 is 4.74 Å². The van der Waals surface area contributed by atoms with Crippen LogP contribution in [0.1, 0.15) is 10.4 Å². The van der Waals surface area contributed by atoms with Gasteiger partial charge in [-0.3, -0.25) is 10.1 Å². The monoisotopic (exact) mass is 429 g/mol.